The van der Waals surface area contributed by atoms with Crippen molar-refractivity contribution in [3.05, 3.63) is 24.1 Å². The van der Waals surface area contributed by atoms with Gasteiger partial charge >= 0.3 is 0 Å². The van der Waals surface area contributed by atoms with Crippen molar-refractivity contribution in [2.24, 2.45) is 10.9 Å². The van der Waals surface area contributed by atoms with E-state index >= 15 is 0 Å². The third-order valence-corrected chi connectivity index (χ3v) is 6.39. The second-order valence-corrected chi connectivity index (χ2v) is 8.63. The quantitative estimate of drug-likeness (QED) is 0.598. The first-order chi connectivity index (χ1) is 13.4. The van der Waals surface area contributed by atoms with Gasteiger partial charge in [-0.25, -0.2) is 9.37 Å². The molecule has 28 heavy (non-hydrogen) atoms. The van der Waals surface area contributed by atoms with E-state index in [0.29, 0.717) is 5.82 Å². The van der Waals surface area contributed by atoms with Gasteiger partial charge in [0, 0.05) is 44.5 Å². The normalized spacial score (nSPS) is 28.6. The van der Waals surface area contributed by atoms with Gasteiger partial charge in [0.05, 0.1) is 0 Å². The third-order valence-electron chi connectivity index (χ3n) is 6.39. The molecule has 2 aliphatic rings. The van der Waals surface area contributed by atoms with E-state index in [1.807, 2.05) is 11.9 Å². The van der Waals surface area contributed by atoms with Crippen LogP contribution in [-0.2, 0) is 0 Å². The Kier molecular flexibility index (Phi) is 6.75. The Hall–Kier alpha value is -1.89. The lowest BCUT2D eigenvalue weighted by Gasteiger charge is -2.45. The van der Waals surface area contributed by atoms with Crippen molar-refractivity contribution in [3.8, 4) is 0 Å². The zero-order valence-corrected chi connectivity index (χ0v) is 17.7. The molecule has 6 nitrogen and oxygen atoms in total. The van der Waals surface area contributed by atoms with Crippen LogP contribution in [0.4, 0.5) is 10.2 Å². The van der Waals surface area contributed by atoms with Crippen LogP contribution in [0.15, 0.2) is 23.3 Å². The molecule has 2 fully saturated rings. The molecule has 0 bridgehead atoms. The van der Waals surface area contributed by atoms with Gasteiger partial charge in [-0.2, -0.15) is 0 Å². The minimum Gasteiger partial charge on any atom is -0.355 e. The number of hydrogen-bond donors (Lipinski definition) is 2. The summed E-state index contributed by atoms with van der Waals surface area (Å²) in [5.74, 6) is 1.76. The van der Waals surface area contributed by atoms with E-state index in [4.69, 9.17) is 0 Å². The molecular formula is C21H35FN6. The molecule has 1 aliphatic carbocycles. The average molecular weight is 391 g/mol. The van der Waals surface area contributed by atoms with Crippen LogP contribution in [0.3, 0.4) is 0 Å². The van der Waals surface area contributed by atoms with E-state index in [-0.39, 0.29) is 17.4 Å². The summed E-state index contributed by atoms with van der Waals surface area (Å²) in [5, 5.41) is 7.08. The lowest BCUT2D eigenvalue weighted by atomic mass is 9.75. The molecule has 0 spiro atoms. The molecule has 0 aromatic carbocycles. The topological polar surface area (TPSA) is 55.8 Å². The molecule has 2 N–H and O–H groups in total. The van der Waals surface area contributed by atoms with E-state index in [1.54, 1.807) is 12.3 Å². The molecule has 0 radical (unpaired) electrons. The summed E-state index contributed by atoms with van der Waals surface area (Å²) >= 11 is 0. The summed E-state index contributed by atoms with van der Waals surface area (Å²) in [6, 6.07) is 3.33. The van der Waals surface area contributed by atoms with Crippen LogP contribution in [0, 0.1) is 11.7 Å². The lowest BCUT2D eigenvalue weighted by Crippen LogP contribution is -2.57. The number of hydrogen-bond acceptors (Lipinski definition) is 4. The third kappa shape index (κ3) is 4.74. The van der Waals surface area contributed by atoms with Gasteiger partial charge in [-0.05, 0) is 51.4 Å². The van der Waals surface area contributed by atoms with Crippen molar-refractivity contribution < 1.29 is 4.39 Å². The Balaban J connectivity index is 1.56. The van der Waals surface area contributed by atoms with Crippen LogP contribution in [0.5, 0.6) is 0 Å². The molecule has 3 atom stereocenters. The van der Waals surface area contributed by atoms with Crippen LogP contribution >= 0.6 is 0 Å². The number of guanidine groups is 1. The van der Waals surface area contributed by atoms with E-state index in [2.05, 4.69) is 46.5 Å². The summed E-state index contributed by atoms with van der Waals surface area (Å²) < 4.78 is 14.0. The molecule has 0 amide bonds. The maximum absolute atomic E-state index is 14.0. The van der Waals surface area contributed by atoms with Gasteiger partial charge in [0.15, 0.2) is 17.6 Å². The minimum absolute atomic E-state index is 0.175. The van der Waals surface area contributed by atoms with E-state index in [0.717, 1.165) is 37.9 Å². The maximum Gasteiger partial charge on any atom is 0.191 e. The monoisotopic (exact) mass is 390 g/mol. The average Bonchev–Trinajstić information content (AvgIpc) is 3.13. The van der Waals surface area contributed by atoms with E-state index in [1.165, 1.54) is 31.7 Å². The Morgan fingerprint density at radius 3 is 2.93 bits per heavy atom. The number of halogens is 1. The number of aliphatic imine (C=N–C) groups is 1. The molecule has 1 saturated carbocycles. The summed E-state index contributed by atoms with van der Waals surface area (Å²) in [6.45, 7) is 4.76. The van der Waals surface area contributed by atoms with E-state index < -0.39 is 0 Å². The number of anilines is 1. The van der Waals surface area contributed by atoms with Crippen LogP contribution in [0.2, 0.25) is 0 Å². The number of pyridine rings is 1. The number of likely N-dealkylation sites (N-methyl/N-ethyl adjacent to an activating group) is 1. The highest BCUT2D eigenvalue weighted by molar-refractivity contribution is 5.80. The number of nitrogens with one attached hydrogen (secondary N) is 2. The van der Waals surface area contributed by atoms with Crippen molar-refractivity contribution in [3.63, 3.8) is 0 Å². The highest BCUT2D eigenvalue weighted by Gasteiger charge is 2.37. The second kappa shape index (κ2) is 9.07. The molecule has 1 aliphatic heterocycles. The number of aromatic nitrogens is 1. The van der Waals surface area contributed by atoms with Crippen molar-refractivity contribution in [2.45, 2.75) is 50.6 Å². The zero-order chi connectivity index (χ0) is 20.1. The van der Waals surface area contributed by atoms with Gasteiger partial charge in [0.25, 0.3) is 0 Å². The fourth-order valence-corrected chi connectivity index (χ4v) is 4.67. The predicted octanol–water partition coefficient (Wildman–Crippen LogP) is 2.47. The predicted molar refractivity (Wildman–Crippen MR) is 113 cm³/mol. The molecular weight excluding hydrogens is 355 g/mol. The SMILES string of the molecule is CN=C(NCC1(N(C)C)CCCC(C)C1)NC1CCN(c2ncccc2F)C1. The van der Waals surface area contributed by atoms with Crippen molar-refractivity contribution in [2.75, 3.05) is 45.7 Å². The Morgan fingerprint density at radius 2 is 2.25 bits per heavy atom. The summed E-state index contributed by atoms with van der Waals surface area (Å²) in [7, 11) is 6.19. The molecule has 7 heteroatoms. The van der Waals surface area contributed by atoms with Crippen molar-refractivity contribution >= 4 is 11.8 Å². The van der Waals surface area contributed by atoms with Crippen LogP contribution in [-0.4, -0.2) is 68.2 Å². The van der Waals surface area contributed by atoms with Crippen molar-refractivity contribution in [1.29, 1.82) is 0 Å². The smallest absolute Gasteiger partial charge is 0.191 e. The van der Waals surface area contributed by atoms with Gasteiger partial charge in [-0.3, -0.25) is 4.99 Å². The van der Waals surface area contributed by atoms with Crippen molar-refractivity contribution in [1.82, 2.24) is 20.5 Å². The maximum atomic E-state index is 14.0. The Bertz CT molecular complexity index is 679. The number of nitrogens with zero attached hydrogens (tertiary/aromatic N) is 4. The first kappa shape index (κ1) is 20.8. The van der Waals surface area contributed by atoms with Gasteiger partial charge in [-0.15, -0.1) is 0 Å². The second-order valence-electron chi connectivity index (χ2n) is 8.63. The standard InChI is InChI=1S/C21H35FN6/c1-16-7-5-10-21(13-16,27(3)4)15-25-20(23-2)26-17-9-12-28(14-17)19-18(22)8-6-11-24-19/h6,8,11,16-17H,5,7,9-10,12-15H2,1-4H3,(H2,23,25,26). The fourth-order valence-electron chi connectivity index (χ4n) is 4.67. The first-order valence-corrected chi connectivity index (χ1v) is 10.4. The van der Waals surface area contributed by atoms with Gasteiger partial charge in [-0.1, -0.05) is 19.8 Å². The summed E-state index contributed by atoms with van der Waals surface area (Å²) in [6.07, 6.45) is 7.60. The van der Waals surface area contributed by atoms with Crippen LogP contribution in [0.25, 0.3) is 0 Å². The molecule has 1 aromatic rings. The summed E-state index contributed by atoms with van der Waals surface area (Å²) in [5.41, 5.74) is 0.175. The van der Waals surface area contributed by atoms with E-state index in [9.17, 15) is 4.39 Å². The molecule has 1 saturated heterocycles. The highest BCUT2D eigenvalue weighted by atomic mass is 19.1. The Morgan fingerprint density at radius 1 is 1.43 bits per heavy atom. The first-order valence-electron chi connectivity index (χ1n) is 10.4. The van der Waals surface area contributed by atoms with Crippen LogP contribution in [0.1, 0.15) is 39.0 Å². The molecule has 156 valence electrons. The zero-order valence-electron chi connectivity index (χ0n) is 17.7. The fraction of sp³-hybridized carbons (Fsp3) is 0.714. The molecule has 3 unspecified atom stereocenters. The minimum atomic E-state index is -0.259. The molecule has 3 rings (SSSR count). The highest BCUT2D eigenvalue weighted by Crippen LogP contribution is 2.35. The number of rotatable bonds is 5. The lowest BCUT2D eigenvalue weighted by molar-refractivity contribution is 0.0795. The van der Waals surface area contributed by atoms with Gasteiger partial charge < -0.3 is 20.4 Å². The Labute approximate surface area is 168 Å². The van der Waals surface area contributed by atoms with Gasteiger partial charge in [0.1, 0.15) is 0 Å². The van der Waals surface area contributed by atoms with Gasteiger partial charge in [0.2, 0.25) is 0 Å². The summed E-state index contributed by atoms with van der Waals surface area (Å²) in [4.78, 5) is 13.0. The molecule has 2 heterocycles. The largest absolute Gasteiger partial charge is 0.355 e. The molecule has 1 aromatic heterocycles. The van der Waals surface area contributed by atoms with Crippen LogP contribution < -0.4 is 15.5 Å².